The van der Waals surface area contributed by atoms with Crippen LogP contribution in [-0.2, 0) is 40.4 Å². The predicted molar refractivity (Wildman–Crippen MR) is 211 cm³/mol. The summed E-state index contributed by atoms with van der Waals surface area (Å²) in [4.78, 5) is 62.9. The van der Waals surface area contributed by atoms with Crippen molar-refractivity contribution in [3.8, 4) is 11.8 Å². The Morgan fingerprint density at radius 3 is 2.48 bits per heavy atom. The van der Waals surface area contributed by atoms with Gasteiger partial charge in [-0.05, 0) is 94.4 Å². The number of aryl methyl sites for hydroxylation is 1. The second-order valence-electron chi connectivity index (χ2n) is 18.2. The maximum atomic E-state index is 14.9. The van der Waals surface area contributed by atoms with Gasteiger partial charge in [-0.2, -0.15) is 18.2 Å². The second kappa shape index (κ2) is 16.2. The third kappa shape index (κ3) is 8.48. The first-order valence-corrected chi connectivity index (χ1v) is 22.3. The lowest BCUT2D eigenvalue weighted by atomic mass is 9.82. The molecule has 3 aliphatic heterocycles. The SMILES string of the molecule is C[C@@H]1CC/C=C\[C@@H]2C[C@@]2(C(=O)NS(=O)(=O)C2(CF)CC2)CC(=O)[C@@H]2C[C@@H](Oc3nc4c(c5ccccc35)CCCO4)CN2C(=O)[C@@H](CC(=O)OC(C)(C)C(F)(F)F)[C@H](C)C1. The normalized spacial score (nSPS) is 30.1. The van der Waals surface area contributed by atoms with Crippen molar-refractivity contribution in [3.63, 3.8) is 0 Å². The molecule has 17 heteroatoms. The fourth-order valence-corrected chi connectivity index (χ4v) is 10.5. The minimum Gasteiger partial charge on any atom is -0.477 e. The lowest BCUT2D eigenvalue weighted by Crippen LogP contribution is -2.49. The van der Waals surface area contributed by atoms with Gasteiger partial charge in [-0.3, -0.25) is 23.9 Å². The monoisotopic (exact) mass is 863 g/mol. The van der Waals surface area contributed by atoms with E-state index in [1.54, 1.807) is 13.0 Å². The predicted octanol–water partition coefficient (Wildman–Crippen LogP) is 6.72. The second-order valence-corrected chi connectivity index (χ2v) is 20.2. The number of allylic oxidation sites excluding steroid dienone is 2. The maximum absolute atomic E-state index is 14.9. The molecule has 1 N–H and O–H groups in total. The highest BCUT2D eigenvalue weighted by Gasteiger charge is 2.63. The molecule has 12 nitrogen and oxygen atoms in total. The Morgan fingerprint density at radius 1 is 1.08 bits per heavy atom. The van der Waals surface area contributed by atoms with E-state index in [4.69, 9.17) is 19.2 Å². The molecule has 1 aromatic heterocycles. The number of halogens is 4. The molecule has 4 heterocycles. The van der Waals surface area contributed by atoms with Crippen LogP contribution in [0.25, 0.3) is 10.8 Å². The van der Waals surface area contributed by atoms with E-state index >= 15 is 0 Å². The first-order chi connectivity index (χ1) is 28.2. The van der Waals surface area contributed by atoms with Crippen molar-refractivity contribution in [2.75, 3.05) is 19.8 Å². The van der Waals surface area contributed by atoms with Crippen LogP contribution in [0.15, 0.2) is 36.4 Å². The van der Waals surface area contributed by atoms with Crippen LogP contribution in [0.2, 0.25) is 0 Å². The van der Waals surface area contributed by atoms with E-state index in [1.807, 2.05) is 37.3 Å². The van der Waals surface area contributed by atoms with Crippen LogP contribution in [0.5, 0.6) is 11.8 Å². The number of nitrogens with one attached hydrogen (secondary N) is 1. The molecule has 2 amide bonds. The number of sulfonamides is 1. The number of carbonyl (C=O) groups is 4. The summed E-state index contributed by atoms with van der Waals surface area (Å²) in [5, 5.41) is 1.56. The molecule has 0 spiro atoms. The first kappa shape index (κ1) is 43.8. The molecule has 328 valence electrons. The summed E-state index contributed by atoms with van der Waals surface area (Å²) in [5.41, 5.74) is -3.40. The smallest absolute Gasteiger partial charge is 0.427 e. The zero-order chi connectivity index (χ0) is 43.4. The lowest BCUT2D eigenvalue weighted by Gasteiger charge is -2.33. The number of benzene rings is 1. The van der Waals surface area contributed by atoms with Gasteiger partial charge in [0, 0.05) is 23.8 Å². The summed E-state index contributed by atoms with van der Waals surface area (Å²) in [6, 6.07) is 6.26. The minimum atomic E-state index is -4.88. The van der Waals surface area contributed by atoms with Crippen molar-refractivity contribution in [1.29, 1.82) is 0 Å². The molecule has 2 aromatic rings. The van der Waals surface area contributed by atoms with Crippen molar-refractivity contribution in [1.82, 2.24) is 14.6 Å². The van der Waals surface area contributed by atoms with Gasteiger partial charge in [0.15, 0.2) is 5.78 Å². The molecule has 0 radical (unpaired) electrons. The van der Waals surface area contributed by atoms with E-state index in [0.29, 0.717) is 37.1 Å². The average molecular weight is 864 g/mol. The summed E-state index contributed by atoms with van der Waals surface area (Å²) in [6.45, 7) is 4.30. The van der Waals surface area contributed by atoms with Gasteiger partial charge in [0.25, 0.3) is 0 Å². The number of fused-ring (bicyclic) bond motifs is 5. The van der Waals surface area contributed by atoms with E-state index in [0.717, 1.165) is 37.6 Å². The van der Waals surface area contributed by atoms with E-state index in [-0.39, 0.29) is 44.0 Å². The number of nitrogens with zero attached hydrogens (tertiary/aromatic N) is 2. The van der Waals surface area contributed by atoms with Gasteiger partial charge in [-0.15, -0.1) is 0 Å². The number of ketones is 1. The molecule has 1 saturated heterocycles. The summed E-state index contributed by atoms with van der Waals surface area (Å²) in [7, 11) is -4.42. The van der Waals surface area contributed by atoms with Crippen LogP contribution in [-0.4, -0.2) is 90.4 Å². The number of hydrogen-bond donors (Lipinski definition) is 1. The molecule has 5 aliphatic rings. The summed E-state index contributed by atoms with van der Waals surface area (Å²) < 4.78 is 99.6. The van der Waals surface area contributed by atoms with Crippen LogP contribution in [0.1, 0.15) is 97.5 Å². The standard InChI is InChI=1S/C43H53F4N3O9S/c1-25-10-5-6-11-27-21-42(27,39(54)49-60(55,56)41(24-44)15-16-41)22-34(51)33-19-28(58-37-31-13-8-7-12-29(31)30-14-9-17-57-36(30)48-37)23-50(33)38(53)32(26(2)18-25)20-35(52)59-40(3,4)43(45,46)47/h6-8,11-13,25-28,32-33H,5,9-10,14-24H2,1-4H3,(H,49,54)/b11-6-/t25-,26-,27-,28-,32+,33+,42-/m1/s1. The number of pyridine rings is 1. The molecular formula is C43H53F4N3O9S. The molecular weight excluding hydrogens is 811 g/mol. The molecule has 7 atom stereocenters. The van der Waals surface area contributed by atoms with Crippen molar-refractivity contribution in [2.24, 2.45) is 29.1 Å². The molecule has 3 fully saturated rings. The van der Waals surface area contributed by atoms with Crippen LogP contribution < -0.4 is 14.2 Å². The third-order valence-electron chi connectivity index (χ3n) is 13.3. The Bertz CT molecular complexity index is 2170. The number of amides is 2. The molecule has 0 unspecified atom stereocenters. The lowest BCUT2D eigenvalue weighted by molar-refractivity contribution is -0.257. The van der Waals surface area contributed by atoms with Gasteiger partial charge >= 0.3 is 12.1 Å². The molecule has 0 bridgehead atoms. The van der Waals surface area contributed by atoms with Gasteiger partial charge in [-0.1, -0.05) is 44.2 Å². The number of rotatable bonds is 9. The molecule has 7 rings (SSSR count). The van der Waals surface area contributed by atoms with E-state index in [2.05, 4.69) is 4.72 Å². The van der Waals surface area contributed by atoms with Crippen LogP contribution in [0, 0.1) is 29.1 Å². The summed E-state index contributed by atoms with van der Waals surface area (Å²) in [5.74, 6) is -5.00. The fraction of sp³-hybridized carbons (Fsp3) is 0.651. The fourth-order valence-electron chi connectivity index (χ4n) is 9.10. The number of esters is 1. The number of carbonyl (C=O) groups excluding carboxylic acids is 4. The molecule has 2 saturated carbocycles. The summed E-state index contributed by atoms with van der Waals surface area (Å²) >= 11 is 0. The zero-order valence-corrected chi connectivity index (χ0v) is 35.1. The van der Waals surface area contributed by atoms with Crippen LogP contribution in [0.3, 0.4) is 0 Å². The van der Waals surface area contributed by atoms with Gasteiger partial charge in [0.1, 0.15) is 17.5 Å². The van der Waals surface area contributed by atoms with Gasteiger partial charge in [0.05, 0.1) is 36.9 Å². The Kier molecular flexibility index (Phi) is 11.8. The van der Waals surface area contributed by atoms with Gasteiger partial charge in [0.2, 0.25) is 39.2 Å². The Morgan fingerprint density at radius 2 is 1.80 bits per heavy atom. The number of aromatic nitrogens is 1. The maximum Gasteiger partial charge on any atom is 0.427 e. The van der Waals surface area contributed by atoms with E-state index in [1.165, 1.54) is 4.90 Å². The first-order valence-electron chi connectivity index (χ1n) is 20.8. The van der Waals surface area contributed by atoms with Crippen LogP contribution >= 0.6 is 0 Å². The topological polar surface area (TPSA) is 158 Å². The average Bonchev–Trinajstić information content (AvgIpc) is 4.09. The Labute approximate surface area is 347 Å². The van der Waals surface area contributed by atoms with Gasteiger partial charge < -0.3 is 19.1 Å². The van der Waals surface area contributed by atoms with Crippen molar-refractivity contribution in [2.45, 2.75) is 127 Å². The van der Waals surface area contributed by atoms with Crippen molar-refractivity contribution < 1.29 is 59.4 Å². The third-order valence-corrected chi connectivity index (χ3v) is 15.4. The Hall–Kier alpha value is -4.28. The minimum absolute atomic E-state index is 0.0155. The Balaban J connectivity index is 1.24. The summed E-state index contributed by atoms with van der Waals surface area (Å²) in [6.07, 6.45) is 0.124. The largest absolute Gasteiger partial charge is 0.477 e. The van der Waals surface area contributed by atoms with Gasteiger partial charge in [-0.25, -0.2) is 12.8 Å². The number of Topliss-reactive ketones (excluding diaryl/α,β-unsaturated/α-hetero) is 1. The number of alkyl halides is 4. The highest BCUT2D eigenvalue weighted by molar-refractivity contribution is 7.91. The van der Waals surface area contributed by atoms with Crippen LogP contribution in [0.4, 0.5) is 17.6 Å². The highest BCUT2D eigenvalue weighted by atomic mass is 32.2. The highest BCUT2D eigenvalue weighted by Crippen LogP contribution is 2.58. The zero-order valence-electron chi connectivity index (χ0n) is 34.3. The number of ether oxygens (including phenoxy) is 3. The molecule has 60 heavy (non-hydrogen) atoms. The van der Waals surface area contributed by atoms with Crippen molar-refractivity contribution in [3.05, 3.63) is 42.0 Å². The quantitative estimate of drug-likeness (QED) is 0.163. The van der Waals surface area contributed by atoms with E-state index < -0.39 is 105 Å². The number of hydrogen-bond acceptors (Lipinski definition) is 10. The molecule has 1 aromatic carbocycles. The van der Waals surface area contributed by atoms with E-state index in [9.17, 15) is 45.2 Å². The molecule has 2 aliphatic carbocycles. The van der Waals surface area contributed by atoms with Crippen molar-refractivity contribution >= 4 is 44.4 Å².